The lowest BCUT2D eigenvalue weighted by atomic mass is 10.2. The summed E-state index contributed by atoms with van der Waals surface area (Å²) in [4.78, 5) is 0. The Bertz CT molecular complexity index is 257. The summed E-state index contributed by atoms with van der Waals surface area (Å²) in [5.74, 6) is -3.30. The third-order valence-corrected chi connectivity index (χ3v) is 1.19. The van der Waals surface area contributed by atoms with Gasteiger partial charge >= 0.3 is 18.5 Å². The number of hydrogen-bond acceptors (Lipinski definition) is 0. The molecule has 0 unspecified atom stereocenters. The molecule has 0 saturated heterocycles. The summed E-state index contributed by atoms with van der Waals surface area (Å²) in [5, 5.41) is 0. The summed E-state index contributed by atoms with van der Waals surface area (Å²) in [7, 11) is 0. The first-order chi connectivity index (χ1) is 6.75. The van der Waals surface area contributed by atoms with Crippen molar-refractivity contribution >= 4 is 0 Å². The third kappa shape index (κ3) is 4.71. The van der Waals surface area contributed by atoms with E-state index in [0.717, 1.165) is 0 Å². The highest BCUT2D eigenvalue weighted by Gasteiger charge is 2.54. The number of halogens is 10. The second kappa shape index (κ2) is 4.13. The Hall–Kier alpha value is -0.960. The van der Waals surface area contributed by atoms with E-state index < -0.39 is 36.3 Å². The molecule has 0 nitrogen and oxygen atoms in total. The fraction of sp³-hybridized carbons (Fsp3) is 0.667. The van der Waals surface area contributed by atoms with E-state index in [1.165, 1.54) is 0 Å². The first-order valence-corrected chi connectivity index (χ1v) is 3.35. The maximum Gasteiger partial charge on any atom is 0.423 e. The first-order valence-electron chi connectivity index (χ1n) is 3.35. The Morgan fingerprint density at radius 3 is 1.19 bits per heavy atom. The van der Waals surface area contributed by atoms with E-state index in [1.807, 2.05) is 0 Å². The molecule has 0 bridgehead atoms. The number of alkyl halides is 9. The second-order valence-electron chi connectivity index (χ2n) is 2.57. The number of allylic oxidation sites excluding steroid dienone is 2. The second-order valence-corrected chi connectivity index (χ2v) is 2.57. The lowest BCUT2D eigenvalue weighted by molar-refractivity contribution is -0.177. The normalized spacial score (nSPS) is 13.9. The molecule has 0 saturated carbocycles. The van der Waals surface area contributed by atoms with Crippen molar-refractivity contribution < 1.29 is 43.9 Å². The molecule has 0 rings (SSSR count). The van der Waals surface area contributed by atoms with Crippen LogP contribution in [0.4, 0.5) is 43.9 Å². The van der Waals surface area contributed by atoms with E-state index in [4.69, 9.17) is 0 Å². The fourth-order valence-electron chi connectivity index (χ4n) is 0.733. The SMILES string of the molecule is FC(CC(F)(F)F)=C(C(F)(F)F)C(F)(F)F. The van der Waals surface area contributed by atoms with Crippen LogP contribution in [0.15, 0.2) is 11.4 Å². The monoisotopic (exact) mass is 264 g/mol. The van der Waals surface area contributed by atoms with Crippen LogP contribution in [-0.4, -0.2) is 18.5 Å². The average Bonchev–Trinajstić information content (AvgIpc) is 1.70. The van der Waals surface area contributed by atoms with Crippen molar-refractivity contribution in [3.8, 4) is 0 Å². The van der Waals surface area contributed by atoms with Gasteiger partial charge in [-0.05, 0) is 0 Å². The zero-order chi connectivity index (χ0) is 13.4. The van der Waals surface area contributed by atoms with Gasteiger partial charge in [0.25, 0.3) is 0 Å². The first kappa shape index (κ1) is 15.0. The molecule has 0 amide bonds. The minimum atomic E-state index is -6.23. The van der Waals surface area contributed by atoms with E-state index in [9.17, 15) is 43.9 Å². The zero-order valence-corrected chi connectivity index (χ0v) is 6.99. The molecule has 0 aliphatic heterocycles. The molecule has 0 heterocycles. The quantitative estimate of drug-likeness (QED) is 0.620. The lowest BCUT2D eigenvalue weighted by Gasteiger charge is -2.16. The van der Waals surface area contributed by atoms with Gasteiger partial charge in [-0.25, -0.2) is 4.39 Å². The molecule has 0 aliphatic carbocycles. The minimum absolute atomic E-state index is 2.92. The average molecular weight is 264 g/mol. The van der Waals surface area contributed by atoms with Gasteiger partial charge in [0.1, 0.15) is 5.83 Å². The Kier molecular flexibility index (Phi) is 3.88. The summed E-state index contributed by atoms with van der Waals surface area (Å²) in [5.41, 5.74) is -3.77. The van der Waals surface area contributed by atoms with E-state index in [2.05, 4.69) is 0 Å². The molecule has 0 spiro atoms. The Morgan fingerprint density at radius 1 is 0.688 bits per heavy atom. The van der Waals surface area contributed by atoms with E-state index in [-0.39, 0.29) is 0 Å². The number of rotatable bonds is 1. The van der Waals surface area contributed by atoms with Gasteiger partial charge in [0.15, 0.2) is 5.57 Å². The molecule has 0 fully saturated rings. The summed E-state index contributed by atoms with van der Waals surface area (Å²) >= 11 is 0. The van der Waals surface area contributed by atoms with Crippen molar-refractivity contribution in [1.82, 2.24) is 0 Å². The Balaban J connectivity index is 5.42. The van der Waals surface area contributed by atoms with Crippen LogP contribution in [-0.2, 0) is 0 Å². The van der Waals surface area contributed by atoms with Crippen molar-refractivity contribution in [2.24, 2.45) is 0 Å². The molecular weight excluding hydrogens is 262 g/mol. The Labute approximate surface area is 81.5 Å². The molecule has 0 atom stereocenters. The van der Waals surface area contributed by atoms with E-state index in [1.54, 1.807) is 0 Å². The topological polar surface area (TPSA) is 0 Å². The predicted molar refractivity (Wildman–Crippen MR) is 30.9 cm³/mol. The molecule has 10 heteroatoms. The smallest absolute Gasteiger partial charge is 0.211 e. The van der Waals surface area contributed by atoms with Crippen LogP contribution in [0.25, 0.3) is 0 Å². The molecule has 0 aromatic carbocycles. The Morgan fingerprint density at radius 2 is 1.00 bits per heavy atom. The summed E-state index contributed by atoms with van der Waals surface area (Å²) in [6.07, 6.45) is -20.9. The molecule has 0 radical (unpaired) electrons. The molecule has 16 heavy (non-hydrogen) atoms. The van der Waals surface area contributed by atoms with Crippen LogP contribution in [0.2, 0.25) is 0 Å². The maximum absolute atomic E-state index is 12.3. The number of hydrogen-bond donors (Lipinski definition) is 0. The van der Waals surface area contributed by atoms with Gasteiger partial charge in [0.2, 0.25) is 0 Å². The van der Waals surface area contributed by atoms with Gasteiger partial charge in [-0.1, -0.05) is 0 Å². The molecule has 0 aromatic rings. The van der Waals surface area contributed by atoms with E-state index in [0.29, 0.717) is 0 Å². The van der Waals surface area contributed by atoms with Crippen LogP contribution in [0.5, 0.6) is 0 Å². The lowest BCUT2D eigenvalue weighted by Crippen LogP contribution is -2.28. The van der Waals surface area contributed by atoms with Gasteiger partial charge in [-0.2, -0.15) is 39.5 Å². The van der Waals surface area contributed by atoms with Crippen LogP contribution in [0, 0.1) is 0 Å². The van der Waals surface area contributed by atoms with Crippen LogP contribution in [0.3, 0.4) is 0 Å². The van der Waals surface area contributed by atoms with Crippen molar-refractivity contribution in [3.63, 3.8) is 0 Å². The highest BCUT2D eigenvalue weighted by Crippen LogP contribution is 2.43. The zero-order valence-electron chi connectivity index (χ0n) is 6.99. The fourth-order valence-corrected chi connectivity index (χ4v) is 0.733. The van der Waals surface area contributed by atoms with Crippen LogP contribution >= 0.6 is 0 Å². The third-order valence-electron chi connectivity index (χ3n) is 1.19. The molecule has 0 N–H and O–H groups in total. The molecule has 0 aliphatic rings. The summed E-state index contributed by atoms with van der Waals surface area (Å²) in [6, 6.07) is 0. The van der Waals surface area contributed by atoms with Gasteiger partial charge in [0, 0.05) is 0 Å². The minimum Gasteiger partial charge on any atom is -0.211 e. The molecular formula is C6H2F10. The summed E-state index contributed by atoms with van der Waals surface area (Å²) < 4.78 is 117. The largest absolute Gasteiger partial charge is 0.423 e. The molecule has 96 valence electrons. The van der Waals surface area contributed by atoms with Crippen molar-refractivity contribution in [1.29, 1.82) is 0 Å². The highest BCUT2D eigenvalue weighted by atomic mass is 19.4. The van der Waals surface area contributed by atoms with Gasteiger partial charge in [-0.15, -0.1) is 0 Å². The standard InChI is InChI=1S/C6H2F10/c7-2(1-4(8,9)10)3(5(11,12)13)6(14,15)16/h1H2. The van der Waals surface area contributed by atoms with E-state index >= 15 is 0 Å². The predicted octanol–water partition coefficient (Wildman–Crippen LogP) is 4.29. The maximum atomic E-state index is 12.3. The van der Waals surface area contributed by atoms with Crippen molar-refractivity contribution in [3.05, 3.63) is 11.4 Å². The van der Waals surface area contributed by atoms with Crippen LogP contribution < -0.4 is 0 Å². The van der Waals surface area contributed by atoms with Crippen molar-refractivity contribution in [2.45, 2.75) is 24.9 Å². The van der Waals surface area contributed by atoms with Gasteiger partial charge in [0.05, 0.1) is 6.42 Å². The van der Waals surface area contributed by atoms with Gasteiger partial charge in [-0.3, -0.25) is 0 Å². The van der Waals surface area contributed by atoms with Gasteiger partial charge < -0.3 is 0 Å². The van der Waals surface area contributed by atoms with Crippen LogP contribution in [0.1, 0.15) is 6.42 Å². The highest BCUT2D eigenvalue weighted by molar-refractivity contribution is 5.20. The molecule has 0 aromatic heterocycles. The van der Waals surface area contributed by atoms with Crippen molar-refractivity contribution in [2.75, 3.05) is 0 Å². The summed E-state index contributed by atoms with van der Waals surface area (Å²) in [6.45, 7) is 0.